The van der Waals surface area contributed by atoms with Crippen LogP contribution in [0.5, 0.6) is 0 Å². The summed E-state index contributed by atoms with van der Waals surface area (Å²) in [6.07, 6.45) is 5.34. The van der Waals surface area contributed by atoms with Crippen LogP contribution in [0.3, 0.4) is 0 Å². The molecule has 1 aliphatic carbocycles. The summed E-state index contributed by atoms with van der Waals surface area (Å²) in [6.45, 7) is 0. The Hall–Kier alpha value is -2.26. The van der Waals surface area contributed by atoms with E-state index in [0.717, 1.165) is 22.7 Å². The zero-order chi connectivity index (χ0) is 16.0. The minimum absolute atomic E-state index is 0.188. The molecule has 4 rings (SSSR count). The molecule has 3 atom stereocenters. The van der Waals surface area contributed by atoms with E-state index in [4.69, 9.17) is 11.6 Å². The fraction of sp³-hybridized carbons (Fsp3) is 0.211. The van der Waals surface area contributed by atoms with Gasteiger partial charge in [-0.05, 0) is 53.3 Å². The lowest BCUT2D eigenvalue weighted by Gasteiger charge is -2.37. The van der Waals surface area contributed by atoms with E-state index in [0.29, 0.717) is 5.92 Å². The summed E-state index contributed by atoms with van der Waals surface area (Å²) in [7, 11) is 0. The van der Waals surface area contributed by atoms with Crippen molar-refractivity contribution in [1.82, 2.24) is 0 Å². The number of carbonyl (C=O) groups is 1. The fourth-order valence-electron chi connectivity index (χ4n) is 3.72. The number of carbonyl (C=O) groups excluding carboxylic acids is 1. The predicted octanol–water partition coefficient (Wildman–Crippen LogP) is 3.53. The molecule has 0 fully saturated rings. The smallest absolute Gasteiger partial charge is 0.0715 e. The van der Waals surface area contributed by atoms with Gasteiger partial charge in [-0.25, -0.2) is 0 Å². The van der Waals surface area contributed by atoms with Gasteiger partial charge in [0, 0.05) is 16.6 Å². The molecule has 23 heavy (non-hydrogen) atoms. The summed E-state index contributed by atoms with van der Waals surface area (Å²) >= 11 is 6.00. The van der Waals surface area contributed by atoms with Gasteiger partial charge >= 0.3 is 0 Å². The normalized spacial score (nSPS) is 24.7. The molecular formula is C19H15ClNO2-. The Labute approximate surface area is 139 Å². The van der Waals surface area contributed by atoms with Crippen LogP contribution >= 0.6 is 11.6 Å². The van der Waals surface area contributed by atoms with Gasteiger partial charge < -0.3 is 15.2 Å². The van der Waals surface area contributed by atoms with E-state index in [1.165, 1.54) is 5.56 Å². The van der Waals surface area contributed by atoms with Crippen molar-refractivity contribution >= 4 is 23.3 Å². The van der Waals surface area contributed by atoms with Crippen molar-refractivity contribution in [1.29, 1.82) is 0 Å². The third-order valence-corrected chi connectivity index (χ3v) is 5.08. The van der Waals surface area contributed by atoms with Crippen LogP contribution in [-0.4, -0.2) is 5.97 Å². The fourth-order valence-corrected chi connectivity index (χ4v) is 3.85. The summed E-state index contributed by atoms with van der Waals surface area (Å²) < 4.78 is 0. The van der Waals surface area contributed by atoms with Crippen molar-refractivity contribution in [3.8, 4) is 0 Å². The van der Waals surface area contributed by atoms with Gasteiger partial charge in [0.25, 0.3) is 0 Å². The minimum atomic E-state index is -1.13. The molecule has 0 radical (unpaired) electrons. The molecule has 0 saturated carbocycles. The first kappa shape index (κ1) is 14.3. The highest BCUT2D eigenvalue weighted by Crippen LogP contribution is 2.49. The number of allylic oxidation sites excluding steroid dienone is 2. The third kappa shape index (κ3) is 2.41. The maximum atomic E-state index is 11.1. The number of nitrogens with one attached hydrogen (secondary N) is 1. The molecule has 0 unspecified atom stereocenters. The van der Waals surface area contributed by atoms with Crippen LogP contribution in [0.2, 0.25) is 5.02 Å². The number of fused-ring (bicyclic) bond motifs is 3. The Balaban J connectivity index is 1.77. The van der Waals surface area contributed by atoms with Gasteiger partial charge in [0.05, 0.1) is 12.0 Å². The highest BCUT2D eigenvalue weighted by molar-refractivity contribution is 6.30. The highest BCUT2D eigenvalue weighted by Gasteiger charge is 2.37. The molecule has 2 aromatic carbocycles. The van der Waals surface area contributed by atoms with Crippen LogP contribution in [0.15, 0.2) is 54.6 Å². The number of carboxylic acids is 1. The summed E-state index contributed by atoms with van der Waals surface area (Å²) in [5.74, 6) is -0.530. The molecule has 1 heterocycles. The molecule has 0 saturated heterocycles. The van der Waals surface area contributed by atoms with E-state index in [9.17, 15) is 9.90 Å². The first-order valence-corrected chi connectivity index (χ1v) is 8.05. The molecule has 1 aliphatic heterocycles. The molecule has 0 bridgehead atoms. The second-order valence-electron chi connectivity index (χ2n) is 6.12. The summed E-state index contributed by atoms with van der Waals surface area (Å²) in [4.78, 5) is 11.1. The Morgan fingerprint density at radius 3 is 2.70 bits per heavy atom. The molecule has 0 aromatic heterocycles. The SMILES string of the molecule is O=C([O-])c1ccc2c(c1)[C@H]1C=CC[C@@H]1[C@@H](c1ccc(Cl)cc1)N2. The van der Waals surface area contributed by atoms with Crippen LogP contribution in [-0.2, 0) is 0 Å². The van der Waals surface area contributed by atoms with E-state index < -0.39 is 5.97 Å². The third-order valence-electron chi connectivity index (χ3n) is 4.83. The maximum Gasteiger partial charge on any atom is 0.0715 e. The summed E-state index contributed by atoms with van der Waals surface area (Å²) in [5, 5.41) is 15.4. The molecule has 1 N–H and O–H groups in total. The predicted molar refractivity (Wildman–Crippen MR) is 88.6 cm³/mol. The quantitative estimate of drug-likeness (QED) is 0.860. The van der Waals surface area contributed by atoms with E-state index in [-0.39, 0.29) is 17.5 Å². The molecule has 2 aliphatic rings. The number of aromatic carboxylic acids is 1. The number of rotatable bonds is 2. The van der Waals surface area contributed by atoms with E-state index in [1.807, 2.05) is 18.2 Å². The van der Waals surface area contributed by atoms with Crippen molar-refractivity contribution in [3.63, 3.8) is 0 Å². The van der Waals surface area contributed by atoms with Gasteiger partial charge in [-0.15, -0.1) is 0 Å². The van der Waals surface area contributed by atoms with Gasteiger partial charge in [0.15, 0.2) is 0 Å². The van der Waals surface area contributed by atoms with Gasteiger partial charge in [0.1, 0.15) is 0 Å². The molecule has 4 heteroatoms. The second kappa shape index (κ2) is 5.43. The van der Waals surface area contributed by atoms with Crippen molar-refractivity contribution in [3.05, 3.63) is 76.3 Å². The lowest BCUT2D eigenvalue weighted by molar-refractivity contribution is -0.255. The van der Waals surface area contributed by atoms with Gasteiger partial charge in [-0.1, -0.05) is 42.0 Å². The van der Waals surface area contributed by atoms with Crippen molar-refractivity contribution in [2.24, 2.45) is 5.92 Å². The average molecular weight is 325 g/mol. The highest BCUT2D eigenvalue weighted by atomic mass is 35.5. The van der Waals surface area contributed by atoms with Crippen LogP contribution in [0.4, 0.5) is 5.69 Å². The number of hydrogen-bond acceptors (Lipinski definition) is 3. The first-order chi connectivity index (χ1) is 11.1. The molecule has 2 aromatic rings. The molecular weight excluding hydrogens is 310 g/mol. The summed E-state index contributed by atoms with van der Waals surface area (Å²) in [6, 6.07) is 13.3. The van der Waals surface area contributed by atoms with E-state index in [1.54, 1.807) is 12.1 Å². The Bertz CT molecular complexity index is 798. The number of carboxylic acid groups (broad SMARTS) is 1. The largest absolute Gasteiger partial charge is 0.545 e. The van der Waals surface area contributed by atoms with Crippen LogP contribution < -0.4 is 10.4 Å². The van der Waals surface area contributed by atoms with Gasteiger partial charge in [0.2, 0.25) is 0 Å². The van der Waals surface area contributed by atoms with Crippen molar-refractivity contribution in [2.75, 3.05) is 5.32 Å². The maximum absolute atomic E-state index is 11.1. The van der Waals surface area contributed by atoms with Crippen molar-refractivity contribution in [2.45, 2.75) is 18.4 Å². The average Bonchev–Trinajstić information content (AvgIpc) is 3.04. The van der Waals surface area contributed by atoms with E-state index in [2.05, 4.69) is 29.6 Å². The lowest BCUT2D eigenvalue weighted by Crippen LogP contribution is -2.30. The summed E-state index contributed by atoms with van der Waals surface area (Å²) in [5.41, 5.74) is 3.45. The molecule has 0 amide bonds. The Kier molecular flexibility index (Phi) is 3.38. The van der Waals surface area contributed by atoms with Crippen LogP contribution in [0.1, 0.15) is 39.9 Å². The second-order valence-corrected chi connectivity index (χ2v) is 6.55. The van der Waals surface area contributed by atoms with Gasteiger partial charge in [-0.2, -0.15) is 0 Å². The first-order valence-electron chi connectivity index (χ1n) is 7.67. The zero-order valence-corrected chi connectivity index (χ0v) is 13.1. The Morgan fingerprint density at radius 2 is 1.96 bits per heavy atom. The van der Waals surface area contributed by atoms with Crippen molar-refractivity contribution < 1.29 is 9.90 Å². The minimum Gasteiger partial charge on any atom is -0.545 e. The zero-order valence-electron chi connectivity index (χ0n) is 12.3. The molecule has 116 valence electrons. The monoisotopic (exact) mass is 324 g/mol. The number of benzene rings is 2. The Morgan fingerprint density at radius 1 is 1.17 bits per heavy atom. The lowest BCUT2D eigenvalue weighted by atomic mass is 9.76. The number of halogens is 1. The topological polar surface area (TPSA) is 52.2 Å². The number of hydrogen-bond donors (Lipinski definition) is 1. The van der Waals surface area contributed by atoms with Gasteiger partial charge in [-0.3, -0.25) is 0 Å². The standard InChI is InChI=1S/C19H16ClNO2/c20-13-7-4-11(5-8-13)18-15-3-1-2-14(15)16-10-12(19(22)23)6-9-17(16)21-18/h1-2,4-10,14-15,18,21H,3H2,(H,22,23)/p-1/t14-,15-,18+/m0/s1. The molecule has 0 spiro atoms. The van der Waals surface area contributed by atoms with Crippen LogP contribution in [0.25, 0.3) is 0 Å². The van der Waals surface area contributed by atoms with Crippen LogP contribution in [0, 0.1) is 5.92 Å². The molecule has 3 nitrogen and oxygen atoms in total. The number of anilines is 1. The van der Waals surface area contributed by atoms with E-state index >= 15 is 0 Å².